The van der Waals surface area contributed by atoms with Crippen molar-refractivity contribution in [3.8, 4) is 11.3 Å². The van der Waals surface area contributed by atoms with E-state index in [0.717, 1.165) is 20.5 Å². The van der Waals surface area contributed by atoms with Crippen molar-refractivity contribution in [1.29, 1.82) is 0 Å². The minimum atomic E-state index is 0.551. The monoisotopic (exact) mass is 436 g/mol. The van der Waals surface area contributed by atoms with Crippen molar-refractivity contribution in [3.05, 3.63) is 63.2 Å². The average molecular weight is 437 g/mol. The lowest BCUT2D eigenvalue weighted by atomic mass is 10.1. The molecular formula is C17H14ClIN4. The molecule has 23 heavy (non-hydrogen) atoms. The Morgan fingerprint density at radius 2 is 1.78 bits per heavy atom. The van der Waals surface area contributed by atoms with Gasteiger partial charge in [-0.25, -0.2) is 4.98 Å². The van der Waals surface area contributed by atoms with Gasteiger partial charge in [0.2, 0.25) is 5.95 Å². The molecule has 0 unspecified atom stereocenters. The highest BCUT2D eigenvalue weighted by atomic mass is 127. The van der Waals surface area contributed by atoms with Crippen molar-refractivity contribution in [2.24, 2.45) is 0 Å². The molecule has 6 heteroatoms. The van der Waals surface area contributed by atoms with Gasteiger partial charge < -0.3 is 10.6 Å². The first-order chi connectivity index (χ1) is 11.2. The number of halogens is 2. The lowest BCUT2D eigenvalue weighted by Crippen LogP contribution is -2.02. The molecule has 0 radical (unpaired) electrons. The summed E-state index contributed by atoms with van der Waals surface area (Å²) in [6.07, 6.45) is 0. The zero-order chi connectivity index (χ0) is 16.2. The van der Waals surface area contributed by atoms with E-state index in [0.29, 0.717) is 16.8 Å². The summed E-state index contributed by atoms with van der Waals surface area (Å²) < 4.78 is 1.08. The Labute approximate surface area is 153 Å². The van der Waals surface area contributed by atoms with Crippen LogP contribution in [-0.4, -0.2) is 17.0 Å². The lowest BCUT2D eigenvalue weighted by Gasteiger charge is -2.11. The number of nitrogens with one attached hydrogen (secondary N) is 2. The second kappa shape index (κ2) is 7.14. The highest BCUT2D eigenvalue weighted by Crippen LogP contribution is 2.28. The van der Waals surface area contributed by atoms with E-state index < -0.39 is 0 Å². The summed E-state index contributed by atoms with van der Waals surface area (Å²) >= 11 is 8.51. The molecule has 2 aromatic carbocycles. The van der Waals surface area contributed by atoms with Gasteiger partial charge in [-0.05, 0) is 40.8 Å². The van der Waals surface area contributed by atoms with Crippen LogP contribution in [-0.2, 0) is 0 Å². The van der Waals surface area contributed by atoms with Gasteiger partial charge in [0.1, 0.15) is 5.82 Å². The molecule has 0 amide bonds. The minimum absolute atomic E-state index is 0.551. The summed E-state index contributed by atoms with van der Waals surface area (Å²) in [7, 11) is 1.80. The van der Waals surface area contributed by atoms with Gasteiger partial charge in [-0.2, -0.15) is 4.98 Å². The SMILES string of the molecule is CNc1nc(Nc2ccc(I)cc2Cl)cc(-c2ccccc2)n1. The zero-order valence-corrected chi connectivity index (χ0v) is 15.3. The quantitative estimate of drug-likeness (QED) is 0.553. The molecule has 1 heterocycles. The van der Waals surface area contributed by atoms with E-state index in [4.69, 9.17) is 11.6 Å². The van der Waals surface area contributed by atoms with Crippen LogP contribution in [0.1, 0.15) is 0 Å². The molecule has 0 spiro atoms. The molecule has 0 fully saturated rings. The van der Waals surface area contributed by atoms with Crippen LogP contribution in [0.15, 0.2) is 54.6 Å². The van der Waals surface area contributed by atoms with Crippen LogP contribution in [0.25, 0.3) is 11.3 Å². The van der Waals surface area contributed by atoms with Gasteiger partial charge in [0, 0.05) is 22.2 Å². The summed E-state index contributed by atoms with van der Waals surface area (Å²) in [6, 6.07) is 17.7. The highest BCUT2D eigenvalue weighted by molar-refractivity contribution is 14.1. The molecule has 3 aromatic rings. The average Bonchev–Trinajstić information content (AvgIpc) is 2.58. The number of rotatable bonds is 4. The molecule has 3 rings (SSSR count). The van der Waals surface area contributed by atoms with Crippen molar-refractivity contribution in [3.63, 3.8) is 0 Å². The van der Waals surface area contributed by atoms with E-state index >= 15 is 0 Å². The molecule has 116 valence electrons. The Morgan fingerprint density at radius 1 is 1.00 bits per heavy atom. The van der Waals surface area contributed by atoms with Crippen LogP contribution < -0.4 is 10.6 Å². The zero-order valence-electron chi connectivity index (χ0n) is 12.3. The van der Waals surface area contributed by atoms with Gasteiger partial charge in [0.05, 0.1) is 16.4 Å². The fraction of sp³-hybridized carbons (Fsp3) is 0.0588. The highest BCUT2D eigenvalue weighted by Gasteiger charge is 2.08. The summed E-state index contributed by atoms with van der Waals surface area (Å²) in [6.45, 7) is 0. The van der Waals surface area contributed by atoms with E-state index in [1.165, 1.54) is 0 Å². The molecule has 2 N–H and O–H groups in total. The lowest BCUT2D eigenvalue weighted by molar-refractivity contribution is 1.15. The largest absolute Gasteiger partial charge is 0.357 e. The summed E-state index contributed by atoms with van der Waals surface area (Å²) in [4.78, 5) is 8.95. The molecule has 0 aliphatic carbocycles. The van der Waals surface area contributed by atoms with Crippen LogP contribution in [0.4, 0.5) is 17.5 Å². The molecule has 0 saturated heterocycles. The van der Waals surface area contributed by atoms with Crippen LogP contribution in [0.3, 0.4) is 0 Å². The van der Waals surface area contributed by atoms with Crippen LogP contribution in [0.5, 0.6) is 0 Å². The summed E-state index contributed by atoms with van der Waals surface area (Å²) in [5.41, 5.74) is 2.68. The normalized spacial score (nSPS) is 10.4. The van der Waals surface area contributed by atoms with Crippen LogP contribution in [0.2, 0.25) is 5.02 Å². The number of hydrogen-bond donors (Lipinski definition) is 2. The minimum Gasteiger partial charge on any atom is -0.357 e. The Balaban J connectivity index is 1.99. The third kappa shape index (κ3) is 3.92. The van der Waals surface area contributed by atoms with Crippen LogP contribution in [0, 0.1) is 3.57 Å². The molecular weight excluding hydrogens is 423 g/mol. The first-order valence-corrected chi connectivity index (χ1v) is 8.46. The maximum absolute atomic E-state index is 6.28. The predicted octanol–water partition coefficient (Wildman–Crippen LogP) is 5.19. The fourth-order valence-electron chi connectivity index (χ4n) is 2.11. The van der Waals surface area contributed by atoms with E-state index in [-0.39, 0.29) is 0 Å². The van der Waals surface area contributed by atoms with Gasteiger partial charge >= 0.3 is 0 Å². The van der Waals surface area contributed by atoms with Crippen molar-refractivity contribution in [2.45, 2.75) is 0 Å². The van der Waals surface area contributed by atoms with Gasteiger partial charge in [0.25, 0.3) is 0 Å². The predicted molar refractivity (Wildman–Crippen MR) is 104 cm³/mol. The standard InChI is InChI=1S/C17H14ClIN4/c1-20-17-22-15(11-5-3-2-4-6-11)10-16(23-17)21-14-8-7-12(19)9-13(14)18/h2-10H,1H3,(H2,20,21,22,23). The summed E-state index contributed by atoms with van der Waals surface area (Å²) in [5, 5.41) is 6.90. The van der Waals surface area contributed by atoms with Crippen molar-refractivity contribution in [1.82, 2.24) is 9.97 Å². The molecule has 1 aromatic heterocycles. The van der Waals surface area contributed by atoms with Crippen LogP contribution >= 0.6 is 34.2 Å². The fourth-order valence-corrected chi connectivity index (χ4v) is 3.01. The van der Waals surface area contributed by atoms with Gasteiger partial charge in [-0.1, -0.05) is 41.9 Å². The number of nitrogens with zero attached hydrogens (tertiary/aromatic N) is 2. The van der Waals surface area contributed by atoms with Crippen molar-refractivity contribution < 1.29 is 0 Å². The van der Waals surface area contributed by atoms with Crippen molar-refractivity contribution >= 4 is 51.6 Å². The molecule has 0 aliphatic heterocycles. The van der Waals surface area contributed by atoms with Crippen molar-refractivity contribution in [2.75, 3.05) is 17.7 Å². The second-order valence-electron chi connectivity index (χ2n) is 4.83. The molecule has 0 saturated carbocycles. The van der Waals surface area contributed by atoms with Gasteiger partial charge in [0.15, 0.2) is 0 Å². The summed E-state index contributed by atoms with van der Waals surface area (Å²) in [5.74, 6) is 1.24. The Morgan fingerprint density at radius 3 is 2.48 bits per heavy atom. The number of hydrogen-bond acceptors (Lipinski definition) is 4. The first kappa shape index (κ1) is 16.0. The third-order valence-corrected chi connectivity index (χ3v) is 4.20. The molecule has 0 aliphatic rings. The van der Waals surface area contributed by atoms with Gasteiger partial charge in [-0.15, -0.1) is 0 Å². The van der Waals surface area contributed by atoms with E-state index in [9.17, 15) is 0 Å². The Hall–Kier alpha value is -1.86. The number of benzene rings is 2. The number of aromatic nitrogens is 2. The Kier molecular flexibility index (Phi) is 4.97. The van der Waals surface area contributed by atoms with E-state index in [1.807, 2.05) is 54.6 Å². The van der Waals surface area contributed by atoms with E-state index in [2.05, 4.69) is 43.2 Å². The molecule has 0 bridgehead atoms. The second-order valence-corrected chi connectivity index (χ2v) is 6.48. The Bertz CT molecular complexity index is 824. The maximum atomic E-state index is 6.28. The maximum Gasteiger partial charge on any atom is 0.224 e. The van der Waals surface area contributed by atoms with E-state index in [1.54, 1.807) is 7.05 Å². The molecule has 4 nitrogen and oxygen atoms in total. The number of anilines is 3. The van der Waals surface area contributed by atoms with Gasteiger partial charge in [-0.3, -0.25) is 0 Å². The molecule has 0 atom stereocenters. The smallest absolute Gasteiger partial charge is 0.224 e. The third-order valence-electron chi connectivity index (χ3n) is 3.21. The first-order valence-electron chi connectivity index (χ1n) is 7.00. The topological polar surface area (TPSA) is 49.8 Å².